The van der Waals surface area contributed by atoms with E-state index < -0.39 is 5.79 Å². The molecule has 2 rings (SSSR count). The van der Waals surface area contributed by atoms with Gasteiger partial charge in [0.15, 0.2) is 0 Å². The molecule has 0 heterocycles. The average molecular weight is 420 g/mol. The van der Waals surface area contributed by atoms with Crippen LogP contribution in [0.15, 0.2) is 42.5 Å². The average Bonchev–Trinajstić information content (AvgIpc) is 2.49. The Balaban J connectivity index is 2.24. The fourth-order valence-corrected chi connectivity index (χ4v) is 2.95. The van der Waals surface area contributed by atoms with Crippen LogP contribution in [0.2, 0.25) is 10.0 Å². The van der Waals surface area contributed by atoms with Crippen molar-refractivity contribution in [3.8, 4) is 11.5 Å². The molecule has 0 amide bonds. The van der Waals surface area contributed by atoms with Gasteiger partial charge in [0.05, 0.1) is 16.5 Å². The van der Waals surface area contributed by atoms with E-state index in [2.05, 4.69) is 15.9 Å². The molecule has 0 aliphatic heterocycles. The van der Waals surface area contributed by atoms with Gasteiger partial charge in [-0.3, -0.25) is 0 Å². The molecule has 0 saturated heterocycles. The van der Waals surface area contributed by atoms with Crippen LogP contribution in [0, 0.1) is 0 Å². The zero-order chi connectivity index (χ0) is 17.0. The Morgan fingerprint density at radius 3 is 2.22 bits per heavy atom. The molecule has 1 N–H and O–H groups in total. The van der Waals surface area contributed by atoms with Crippen LogP contribution in [-0.2, 0) is 10.5 Å². The van der Waals surface area contributed by atoms with Gasteiger partial charge in [0, 0.05) is 10.6 Å². The number of hydrogen-bond acceptors (Lipinski definition) is 3. The second-order valence-electron chi connectivity index (χ2n) is 5.28. The first-order valence-electron chi connectivity index (χ1n) is 7.03. The largest absolute Gasteiger partial charge is 0.457 e. The maximum absolute atomic E-state index is 10.6. The van der Waals surface area contributed by atoms with E-state index in [0.717, 1.165) is 0 Å². The highest BCUT2D eigenvalue weighted by Gasteiger charge is 2.32. The molecule has 0 aliphatic carbocycles. The molecule has 0 saturated carbocycles. The van der Waals surface area contributed by atoms with E-state index in [0.29, 0.717) is 27.1 Å². The Bertz CT molecular complexity index is 661. The molecule has 0 bridgehead atoms. The van der Waals surface area contributed by atoms with Crippen molar-refractivity contribution in [1.29, 1.82) is 0 Å². The van der Waals surface area contributed by atoms with Gasteiger partial charge in [-0.1, -0.05) is 39.1 Å². The molecule has 0 aliphatic rings. The maximum atomic E-state index is 10.6. The number of alkyl halides is 1. The number of rotatable bonds is 6. The van der Waals surface area contributed by atoms with Gasteiger partial charge in [-0.15, -0.1) is 0 Å². The van der Waals surface area contributed by atoms with Crippen molar-refractivity contribution < 1.29 is 14.6 Å². The molecule has 1 unspecified atom stereocenters. The Kier molecular flexibility index (Phi) is 6.34. The third-order valence-electron chi connectivity index (χ3n) is 3.02. The van der Waals surface area contributed by atoms with Crippen molar-refractivity contribution >= 4 is 39.1 Å². The molecule has 3 nitrogen and oxygen atoms in total. The normalized spacial score (nSPS) is 13.9. The smallest absolute Gasteiger partial charge is 0.204 e. The first-order chi connectivity index (χ1) is 10.8. The molecule has 0 spiro atoms. The Morgan fingerprint density at radius 2 is 1.70 bits per heavy atom. The van der Waals surface area contributed by atoms with E-state index in [1.165, 1.54) is 0 Å². The van der Waals surface area contributed by atoms with Gasteiger partial charge in [-0.25, -0.2) is 0 Å². The van der Waals surface area contributed by atoms with Crippen LogP contribution in [0.5, 0.6) is 11.5 Å². The number of ether oxygens (including phenoxy) is 2. The lowest BCUT2D eigenvalue weighted by Crippen LogP contribution is -2.34. The van der Waals surface area contributed by atoms with Crippen molar-refractivity contribution in [2.75, 3.05) is 5.33 Å². The quantitative estimate of drug-likeness (QED) is 0.478. The summed E-state index contributed by atoms with van der Waals surface area (Å²) in [5, 5.41) is 11.8. The second kappa shape index (κ2) is 7.86. The lowest BCUT2D eigenvalue weighted by atomic mass is 10.1. The van der Waals surface area contributed by atoms with Gasteiger partial charge in [0.2, 0.25) is 5.79 Å². The molecule has 6 heteroatoms. The maximum Gasteiger partial charge on any atom is 0.204 e. The lowest BCUT2D eigenvalue weighted by Gasteiger charge is -2.29. The van der Waals surface area contributed by atoms with Crippen molar-refractivity contribution in [3.63, 3.8) is 0 Å². The summed E-state index contributed by atoms with van der Waals surface area (Å²) < 4.78 is 11.3. The van der Waals surface area contributed by atoms with Crippen molar-refractivity contribution in [1.82, 2.24) is 0 Å². The zero-order valence-corrected chi connectivity index (χ0v) is 15.8. The van der Waals surface area contributed by atoms with E-state index in [1.54, 1.807) is 42.5 Å². The first kappa shape index (κ1) is 18.6. The van der Waals surface area contributed by atoms with Crippen LogP contribution in [0.25, 0.3) is 0 Å². The summed E-state index contributed by atoms with van der Waals surface area (Å²) in [6.07, 6.45) is -0.154. The topological polar surface area (TPSA) is 38.7 Å². The first-order valence-corrected chi connectivity index (χ1v) is 8.91. The predicted octanol–water partition coefficient (Wildman–Crippen LogP) is 5.75. The summed E-state index contributed by atoms with van der Waals surface area (Å²) in [7, 11) is 0. The summed E-state index contributed by atoms with van der Waals surface area (Å²) in [5.74, 6) is -0.292. The van der Waals surface area contributed by atoms with Crippen molar-refractivity contribution in [2.45, 2.75) is 25.7 Å². The standard InChI is InChI=1S/C17H17BrCl2O3/c1-11(2)23-17(21,10-18)15-8-7-14(9-16(15)20)22-13-5-3-12(19)4-6-13/h3-9,11,21H,10H2,1-2H3. The van der Waals surface area contributed by atoms with Crippen LogP contribution < -0.4 is 4.74 Å². The van der Waals surface area contributed by atoms with Crippen LogP contribution in [0.3, 0.4) is 0 Å². The van der Waals surface area contributed by atoms with Gasteiger partial charge in [0.25, 0.3) is 0 Å². The van der Waals surface area contributed by atoms with Gasteiger partial charge < -0.3 is 14.6 Å². The minimum atomic E-state index is -1.50. The summed E-state index contributed by atoms with van der Waals surface area (Å²) in [5.41, 5.74) is 0.480. The third kappa shape index (κ3) is 4.85. The van der Waals surface area contributed by atoms with Gasteiger partial charge in [-0.2, -0.15) is 0 Å². The predicted molar refractivity (Wildman–Crippen MR) is 96.9 cm³/mol. The van der Waals surface area contributed by atoms with E-state index >= 15 is 0 Å². The van der Waals surface area contributed by atoms with Gasteiger partial charge in [0.1, 0.15) is 11.5 Å². The molecule has 124 valence electrons. The third-order valence-corrected chi connectivity index (χ3v) is 4.35. The van der Waals surface area contributed by atoms with E-state index in [-0.39, 0.29) is 11.4 Å². The summed E-state index contributed by atoms with van der Waals surface area (Å²) in [6, 6.07) is 12.1. The molecule has 2 aromatic rings. The van der Waals surface area contributed by atoms with Gasteiger partial charge >= 0.3 is 0 Å². The zero-order valence-electron chi connectivity index (χ0n) is 12.7. The number of aliphatic hydroxyl groups is 1. The highest BCUT2D eigenvalue weighted by molar-refractivity contribution is 9.09. The van der Waals surface area contributed by atoms with Crippen molar-refractivity contribution in [3.05, 3.63) is 58.1 Å². The highest BCUT2D eigenvalue weighted by atomic mass is 79.9. The monoisotopic (exact) mass is 418 g/mol. The number of hydrogen-bond donors (Lipinski definition) is 1. The van der Waals surface area contributed by atoms with E-state index in [9.17, 15) is 5.11 Å². The summed E-state index contributed by atoms with van der Waals surface area (Å²) in [4.78, 5) is 0. The van der Waals surface area contributed by atoms with E-state index in [1.807, 2.05) is 13.8 Å². The van der Waals surface area contributed by atoms with Crippen LogP contribution in [0.4, 0.5) is 0 Å². The fraction of sp³-hybridized carbons (Fsp3) is 0.294. The molecular formula is C17H17BrCl2O3. The molecule has 0 fully saturated rings. The Morgan fingerprint density at radius 1 is 1.09 bits per heavy atom. The molecule has 0 radical (unpaired) electrons. The molecule has 0 aromatic heterocycles. The summed E-state index contributed by atoms with van der Waals surface area (Å²) >= 11 is 15.4. The van der Waals surface area contributed by atoms with E-state index in [4.69, 9.17) is 32.7 Å². The Labute approximate surface area is 154 Å². The second-order valence-corrected chi connectivity index (χ2v) is 6.69. The number of halogens is 3. The van der Waals surface area contributed by atoms with Gasteiger partial charge in [-0.05, 0) is 56.3 Å². The molecular weight excluding hydrogens is 403 g/mol. The SMILES string of the molecule is CC(C)OC(O)(CBr)c1ccc(Oc2ccc(Cl)cc2)cc1Cl. The molecule has 2 aromatic carbocycles. The number of benzene rings is 2. The van der Waals surface area contributed by atoms with Crippen LogP contribution in [-0.4, -0.2) is 16.5 Å². The van der Waals surface area contributed by atoms with Crippen LogP contribution in [0.1, 0.15) is 19.4 Å². The summed E-state index contributed by atoms with van der Waals surface area (Å²) in [6.45, 7) is 3.69. The Hall–Kier alpha value is -0.780. The molecule has 1 atom stereocenters. The highest BCUT2D eigenvalue weighted by Crippen LogP contribution is 2.35. The lowest BCUT2D eigenvalue weighted by molar-refractivity contribution is -0.214. The molecule has 23 heavy (non-hydrogen) atoms. The minimum Gasteiger partial charge on any atom is -0.457 e. The van der Waals surface area contributed by atoms with Crippen molar-refractivity contribution in [2.24, 2.45) is 0 Å². The fourth-order valence-electron chi connectivity index (χ4n) is 2.07. The minimum absolute atomic E-state index is 0.154. The van der Waals surface area contributed by atoms with Crippen LogP contribution >= 0.6 is 39.1 Å².